The Labute approximate surface area is 354 Å². The van der Waals surface area contributed by atoms with E-state index in [1.807, 2.05) is 32.8 Å². The highest BCUT2D eigenvalue weighted by molar-refractivity contribution is 5.83. The number of ketones is 1. The minimum Gasteiger partial charge on any atom is -0.459 e. The summed E-state index contributed by atoms with van der Waals surface area (Å²) in [5, 5.41) is 54.8. The number of rotatable bonds is 9. The second-order valence-corrected chi connectivity index (χ2v) is 17.8. The van der Waals surface area contributed by atoms with Crippen molar-refractivity contribution < 1.29 is 68.2 Å². The molecule has 0 bridgehead atoms. The summed E-state index contributed by atoms with van der Waals surface area (Å²) < 4.78 is 44.6. The van der Waals surface area contributed by atoms with Crippen LogP contribution in [0, 0.1) is 33.8 Å². The Balaban J connectivity index is 0.00000107. The van der Waals surface area contributed by atoms with Gasteiger partial charge in [-0.25, -0.2) is 15.1 Å². The van der Waals surface area contributed by atoms with Crippen LogP contribution in [0.25, 0.3) is 0 Å². The lowest BCUT2D eigenvalue weighted by molar-refractivity contribution is -0.542. The van der Waals surface area contributed by atoms with Crippen LogP contribution in [0.15, 0.2) is 18.7 Å². The third-order valence-electron chi connectivity index (χ3n) is 12.9. The van der Waals surface area contributed by atoms with E-state index >= 15 is 0 Å². The van der Waals surface area contributed by atoms with Gasteiger partial charge in [-0.3, -0.25) is 9.59 Å². The van der Waals surface area contributed by atoms with Crippen LogP contribution in [0.4, 0.5) is 0 Å². The van der Waals surface area contributed by atoms with E-state index in [-0.39, 0.29) is 37.2 Å². The second-order valence-electron chi connectivity index (χ2n) is 17.8. The van der Waals surface area contributed by atoms with Crippen LogP contribution >= 0.6 is 0 Å². The van der Waals surface area contributed by atoms with E-state index in [2.05, 4.69) is 4.98 Å². The molecule has 19 nitrogen and oxygen atoms in total. The number of nitrogens with zero attached hydrogens (tertiary/aromatic N) is 4. The first kappa shape index (κ1) is 51.7. The molecule has 0 amide bonds. The van der Waals surface area contributed by atoms with Crippen LogP contribution in [-0.2, 0) is 42.7 Å². The van der Waals surface area contributed by atoms with E-state index in [4.69, 9.17) is 33.2 Å². The monoisotopic (exact) mass is 860 g/mol. The maximum Gasteiger partial charge on any atom is 0.311 e. The highest BCUT2D eigenvalue weighted by Crippen LogP contribution is 2.42. The minimum atomic E-state index is -1.96. The lowest BCUT2D eigenvalue weighted by Gasteiger charge is -2.50. The van der Waals surface area contributed by atoms with Gasteiger partial charge >= 0.3 is 5.97 Å². The van der Waals surface area contributed by atoms with Crippen molar-refractivity contribution in [1.29, 1.82) is 0 Å². The molecule has 3 aliphatic heterocycles. The Morgan fingerprint density at radius 1 is 0.950 bits per heavy atom. The fourth-order valence-electron chi connectivity index (χ4n) is 8.93. The quantitative estimate of drug-likeness (QED) is 0.158. The van der Waals surface area contributed by atoms with Crippen LogP contribution in [0.1, 0.15) is 94.9 Å². The maximum atomic E-state index is 14.2. The Morgan fingerprint density at radius 2 is 1.57 bits per heavy atom. The average Bonchev–Trinajstić information content (AvgIpc) is 3.75. The molecule has 3 saturated heterocycles. The Kier molecular flexibility index (Phi) is 18.2. The molecule has 1 aromatic rings. The molecular weight excluding hydrogens is 788 g/mol. The van der Waals surface area contributed by atoms with E-state index in [1.54, 1.807) is 48.5 Å². The molecule has 18 atom stereocenters. The van der Waals surface area contributed by atoms with Gasteiger partial charge in [-0.1, -0.05) is 32.4 Å². The number of methoxy groups -OCH3 is 2. The summed E-state index contributed by atoms with van der Waals surface area (Å²) >= 11 is 0. The number of hydrogen-bond acceptors (Lipinski definition) is 17. The summed E-state index contributed by atoms with van der Waals surface area (Å²) in [6, 6.07) is -0.283. The van der Waals surface area contributed by atoms with Gasteiger partial charge in [-0.15, -0.1) is 0 Å². The lowest BCUT2D eigenvalue weighted by atomic mass is 9.74. The molecule has 0 unspecified atom stereocenters. The number of nitro groups is 1. The number of hydrogen-bond donors (Lipinski definition) is 4. The number of carbonyl (C=O) groups excluding carboxylic acids is 2. The van der Waals surface area contributed by atoms with E-state index in [0.717, 1.165) is 11.0 Å². The van der Waals surface area contributed by atoms with Gasteiger partial charge in [-0.05, 0) is 74.9 Å². The third-order valence-corrected chi connectivity index (χ3v) is 12.9. The zero-order chi connectivity index (χ0) is 45.7. The van der Waals surface area contributed by atoms with Crippen molar-refractivity contribution in [3.8, 4) is 0 Å². The van der Waals surface area contributed by atoms with E-state index in [0.29, 0.717) is 6.42 Å². The fourth-order valence-corrected chi connectivity index (χ4v) is 8.93. The summed E-state index contributed by atoms with van der Waals surface area (Å²) in [5.74, 6) is -4.47. The van der Waals surface area contributed by atoms with Gasteiger partial charge in [0.05, 0.1) is 60.0 Å². The number of carbonyl (C=O) groups is 2. The topological polar surface area (TPSA) is 244 Å². The molecule has 0 saturated carbocycles. The number of aliphatic hydroxyl groups is 4. The number of ether oxygens (including phenoxy) is 7. The summed E-state index contributed by atoms with van der Waals surface area (Å²) in [7, 11) is 6.77. The fraction of sp³-hybridized carbons (Fsp3) is 0.878. The summed E-state index contributed by atoms with van der Waals surface area (Å²) in [5.41, 5.74) is -4.24. The number of imidazole rings is 1. The Bertz CT molecular complexity index is 1530. The first-order valence-electron chi connectivity index (χ1n) is 20.8. The summed E-state index contributed by atoms with van der Waals surface area (Å²) in [6.45, 7) is 17.1. The van der Waals surface area contributed by atoms with Crippen molar-refractivity contribution >= 4 is 11.8 Å². The van der Waals surface area contributed by atoms with Gasteiger partial charge in [-0.2, -0.15) is 0 Å². The van der Waals surface area contributed by atoms with Gasteiger partial charge in [0.15, 0.2) is 23.9 Å². The standard InChI is InChI=1S/C38H69NO13.C3H3N3O2/c1-15-26-38(10,45)31(42)21(4)28(40)19(2)17-37(9,47-14)33(52-35-29(41)25(39(11)12)16-20(3)48-35)22(5)30(23(6)34(44)50-26)51-27-18-36(8,46-13)32(43)24(7)49-27;7-6(8)5-2-1-4-3-5/h19-27,29-33,35,41-43,45H,15-18H2,1-14H3;1-3H/t19-,20-,21+,22+,23-,24+,25+,26-,27+,29-,30+,31-,32+,33-,35+,36-,37-,38-;/m1./s1. The SMILES string of the molecule is CC[C@H]1OC(=O)[C@H](C)[C@@H](O[C@H]2C[C@@](C)(OC)[C@@H](O)[C@H](C)O2)[C@H](C)[C@@H](O[C@@H]2O[C@H](C)C[C@H](N(C)C)[C@H]2O)[C@](C)(OC)C[C@@H](C)C(=O)[C@H](C)[C@@H](O)[C@]1(C)O.O=[N+]([O-])n1ccnc1. The third kappa shape index (κ3) is 11.7. The van der Waals surface area contributed by atoms with Gasteiger partial charge in [0.2, 0.25) is 0 Å². The molecule has 0 aliphatic carbocycles. The number of esters is 1. The summed E-state index contributed by atoms with van der Waals surface area (Å²) in [6.07, 6.45) is -4.99. The first-order valence-corrected chi connectivity index (χ1v) is 20.8. The van der Waals surface area contributed by atoms with Crippen molar-refractivity contribution in [3.05, 3.63) is 28.8 Å². The number of likely N-dealkylation sites (N-methyl/N-ethyl adjacent to an activating group) is 1. The van der Waals surface area contributed by atoms with E-state index in [9.17, 15) is 40.1 Å². The summed E-state index contributed by atoms with van der Waals surface area (Å²) in [4.78, 5) is 43.3. The van der Waals surface area contributed by atoms with Crippen molar-refractivity contribution in [2.24, 2.45) is 23.7 Å². The molecule has 3 aliphatic rings. The molecule has 4 heterocycles. The molecule has 19 heteroatoms. The van der Waals surface area contributed by atoms with E-state index in [1.165, 1.54) is 33.5 Å². The first-order chi connectivity index (χ1) is 27.8. The largest absolute Gasteiger partial charge is 0.459 e. The van der Waals surface area contributed by atoms with Gasteiger partial charge in [0, 0.05) is 44.4 Å². The number of aromatic nitrogens is 2. The minimum absolute atomic E-state index is 0.111. The van der Waals surface area contributed by atoms with Crippen molar-refractivity contribution in [2.75, 3.05) is 28.3 Å². The predicted molar refractivity (Wildman–Crippen MR) is 216 cm³/mol. The van der Waals surface area contributed by atoms with Crippen LogP contribution < -0.4 is 0 Å². The zero-order valence-corrected chi connectivity index (χ0v) is 37.8. The van der Waals surface area contributed by atoms with Gasteiger partial charge in [0.25, 0.3) is 0 Å². The maximum absolute atomic E-state index is 14.2. The number of cyclic esters (lactones) is 1. The van der Waals surface area contributed by atoms with Crippen LogP contribution in [-0.4, -0.2) is 164 Å². The molecule has 4 rings (SSSR count). The predicted octanol–water partition coefficient (Wildman–Crippen LogP) is 2.36. The van der Waals surface area contributed by atoms with Crippen molar-refractivity contribution in [1.82, 2.24) is 14.6 Å². The molecule has 4 N–H and O–H groups in total. The molecule has 0 aromatic carbocycles. The Morgan fingerprint density at radius 3 is 2.07 bits per heavy atom. The molecule has 0 spiro atoms. The van der Waals surface area contributed by atoms with Gasteiger partial charge in [0.1, 0.15) is 29.7 Å². The zero-order valence-electron chi connectivity index (χ0n) is 37.8. The molecule has 0 radical (unpaired) electrons. The number of Topliss-reactive ketones (excluding diaryl/α,β-unsaturated/α-hetero) is 1. The van der Waals surface area contributed by atoms with Crippen molar-refractivity contribution in [2.45, 2.75) is 179 Å². The number of aliphatic hydroxyl groups excluding tert-OH is 3. The second kappa shape index (κ2) is 21.1. The lowest BCUT2D eigenvalue weighted by Crippen LogP contribution is -2.61. The van der Waals surface area contributed by atoms with Crippen LogP contribution in [0.2, 0.25) is 0 Å². The van der Waals surface area contributed by atoms with E-state index < -0.39 is 107 Å². The Hall–Kier alpha value is -2.69. The molecular formula is C41H72N4O15. The van der Waals surface area contributed by atoms with Crippen LogP contribution in [0.5, 0.6) is 0 Å². The molecule has 3 fully saturated rings. The van der Waals surface area contributed by atoms with Gasteiger partial charge < -0.3 is 58.5 Å². The van der Waals surface area contributed by atoms with Crippen molar-refractivity contribution in [3.63, 3.8) is 0 Å². The van der Waals surface area contributed by atoms with Crippen LogP contribution in [0.3, 0.4) is 0 Å². The molecule has 1 aromatic heterocycles. The normalized spacial score (nSPS) is 43.7. The highest BCUT2D eigenvalue weighted by Gasteiger charge is 2.54. The average molecular weight is 861 g/mol. The smallest absolute Gasteiger partial charge is 0.311 e. The molecule has 60 heavy (non-hydrogen) atoms. The molecule has 346 valence electrons. The highest BCUT2D eigenvalue weighted by atomic mass is 16.7.